The van der Waals surface area contributed by atoms with E-state index >= 15 is 0 Å². The second kappa shape index (κ2) is 8.97. The Bertz CT molecular complexity index is 764. The summed E-state index contributed by atoms with van der Waals surface area (Å²) in [5.41, 5.74) is 2.48. The Kier molecular flexibility index (Phi) is 6.42. The van der Waals surface area contributed by atoms with Crippen molar-refractivity contribution in [3.8, 4) is 23.0 Å². The Hall–Kier alpha value is -2.44. The van der Waals surface area contributed by atoms with Crippen LogP contribution in [0.15, 0.2) is 36.4 Å². The summed E-state index contributed by atoms with van der Waals surface area (Å²) in [7, 11) is 7.69. The number of quaternary nitrogens is 2. The maximum Gasteiger partial charge on any atom is 0.162 e. The summed E-state index contributed by atoms with van der Waals surface area (Å²) in [6, 6.07) is 12.7. The lowest BCUT2D eigenvalue weighted by Gasteiger charge is -2.22. The van der Waals surface area contributed by atoms with Gasteiger partial charge in [0.1, 0.15) is 26.3 Å². The number of benzene rings is 2. The standard InChI is InChI=1S/C21H28N2O4/c1-23(2)17(16-6-8-18(24-3)20(12-16)25-4)14-22-13-15-5-7-19-21(11-15)27-10-9-26-19/h5-8,11-12,17,22H,9-10,13-14H2,1-4H3/p+2/t17-/m0/s1. The van der Waals surface area contributed by atoms with Gasteiger partial charge in [-0.05, 0) is 36.4 Å². The van der Waals surface area contributed by atoms with E-state index in [1.807, 2.05) is 12.1 Å². The number of methoxy groups -OCH3 is 2. The zero-order chi connectivity index (χ0) is 19.2. The van der Waals surface area contributed by atoms with Gasteiger partial charge < -0.3 is 29.2 Å². The highest BCUT2D eigenvalue weighted by atomic mass is 16.6. The number of likely N-dealkylation sites (N-methyl/N-ethyl adjacent to an activating group) is 1. The molecule has 0 saturated carbocycles. The molecule has 0 amide bonds. The van der Waals surface area contributed by atoms with Crippen molar-refractivity contribution in [2.45, 2.75) is 12.6 Å². The third kappa shape index (κ3) is 4.64. The molecule has 1 aliphatic heterocycles. The lowest BCUT2D eigenvalue weighted by atomic mass is 10.0. The van der Waals surface area contributed by atoms with E-state index in [4.69, 9.17) is 18.9 Å². The van der Waals surface area contributed by atoms with E-state index in [1.165, 1.54) is 16.0 Å². The minimum absolute atomic E-state index is 0.349. The monoisotopic (exact) mass is 374 g/mol. The number of nitrogens with two attached hydrogens (primary N) is 1. The molecule has 0 fully saturated rings. The summed E-state index contributed by atoms with van der Waals surface area (Å²) in [5, 5.41) is 2.33. The molecule has 6 nitrogen and oxygen atoms in total. The zero-order valence-electron chi connectivity index (χ0n) is 16.6. The molecular weight excluding hydrogens is 344 g/mol. The lowest BCUT2D eigenvalue weighted by molar-refractivity contribution is -0.910. The minimum atomic E-state index is 0.349. The Morgan fingerprint density at radius 1 is 0.963 bits per heavy atom. The third-order valence-electron chi connectivity index (χ3n) is 4.90. The second-order valence-corrected chi connectivity index (χ2v) is 6.95. The summed E-state index contributed by atoms with van der Waals surface area (Å²) in [5.74, 6) is 3.22. The van der Waals surface area contributed by atoms with Gasteiger partial charge in [-0.1, -0.05) is 0 Å². The van der Waals surface area contributed by atoms with E-state index in [2.05, 4.69) is 43.7 Å². The van der Waals surface area contributed by atoms with Gasteiger partial charge in [0.15, 0.2) is 29.0 Å². The van der Waals surface area contributed by atoms with Crippen LogP contribution in [0.1, 0.15) is 17.2 Å². The molecule has 0 saturated heterocycles. The molecule has 146 valence electrons. The zero-order valence-corrected chi connectivity index (χ0v) is 16.6. The first-order chi connectivity index (χ1) is 13.1. The van der Waals surface area contributed by atoms with Gasteiger partial charge in [-0.2, -0.15) is 0 Å². The lowest BCUT2D eigenvalue weighted by Crippen LogP contribution is -3.09. The number of fused-ring (bicyclic) bond motifs is 1. The molecule has 6 heteroatoms. The normalized spacial score (nSPS) is 14.1. The SMILES string of the molecule is COc1ccc([C@H](C[NH2+]Cc2ccc3c(c2)OCCO3)[NH+](C)C)cc1OC. The molecule has 27 heavy (non-hydrogen) atoms. The molecule has 2 aromatic carbocycles. The van der Waals surface area contributed by atoms with Crippen LogP contribution in [0.25, 0.3) is 0 Å². The topological polar surface area (TPSA) is 58.0 Å². The number of rotatable bonds is 8. The smallest absolute Gasteiger partial charge is 0.162 e. The summed E-state index contributed by atoms with van der Waals surface area (Å²) >= 11 is 0. The second-order valence-electron chi connectivity index (χ2n) is 6.95. The van der Waals surface area contributed by atoms with E-state index in [0.29, 0.717) is 19.3 Å². The fourth-order valence-electron chi connectivity index (χ4n) is 3.41. The van der Waals surface area contributed by atoms with Crippen molar-refractivity contribution in [3.63, 3.8) is 0 Å². The van der Waals surface area contributed by atoms with Gasteiger partial charge in [0.2, 0.25) is 0 Å². The molecule has 0 spiro atoms. The van der Waals surface area contributed by atoms with Crippen molar-refractivity contribution in [3.05, 3.63) is 47.5 Å². The van der Waals surface area contributed by atoms with Crippen molar-refractivity contribution in [2.75, 3.05) is 48.1 Å². The molecule has 0 radical (unpaired) electrons. The fraction of sp³-hybridized carbons (Fsp3) is 0.429. The molecule has 1 aliphatic rings. The fourth-order valence-corrected chi connectivity index (χ4v) is 3.41. The predicted molar refractivity (Wildman–Crippen MR) is 103 cm³/mol. The first-order valence-corrected chi connectivity index (χ1v) is 9.34. The average Bonchev–Trinajstić information content (AvgIpc) is 2.70. The van der Waals surface area contributed by atoms with E-state index in [-0.39, 0.29) is 0 Å². The van der Waals surface area contributed by atoms with Crippen molar-refractivity contribution in [1.82, 2.24) is 0 Å². The molecule has 0 unspecified atom stereocenters. The molecule has 0 bridgehead atoms. The van der Waals surface area contributed by atoms with Crippen LogP contribution >= 0.6 is 0 Å². The molecule has 0 aliphatic carbocycles. The summed E-state index contributed by atoms with van der Waals surface area (Å²) in [6.07, 6.45) is 0. The quantitative estimate of drug-likeness (QED) is 0.703. The van der Waals surface area contributed by atoms with Crippen molar-refractivity contribution in [2.24, 2.45) is 0 Å². The van der Waals surface area contributed by atoms with Crippen LogP contribution in [0.5, 0.6) is 23.0 Å². The average molecular weight is 374 g/mol. The van der Waals surface area contributed by atoms with Crippen LogP contribution in [-0.4, -0.2) is 48.1 Å². The van der Waals surface area contributed by atoms with Gasteiger partial charge in [-0.15, -0.1) is 0 Å². The minimum Gasteiger partial charge on any atom is -0.493 e. The maximum atomic E-state index is 5.68. The summed E-state index contributed by atoms with van der Waals surface area (Å²) in [6.45, 7) is 3.10. The molecule has 3 N–H and O–H groups in total. The van der Waals surface area contributed by atoms with Crippen molar-refractivity contribution >= 4 is 0 Å². The highest BCUT2D eigenvalue weighted by Crippen LogP contribution is 2.31. The maximum absolute atomic E-state index is 5.68. The molecule has 1 heterocycles. The van der Waals surface area contributed by atoms with E-state index in [0.717, 1.165) is 36.1 Å². The number of nitrogens with one attached hydrogen (secondary N) is 1. The van der Waals surface area contributed by atoms with E-state index in [9.17, 15) is 0 Å². The van der Waals surface area contributed by atoms with Crippen LogP contribution in [0.2, 0.25) is 0 Å². The van der Waals surface area contributed by atoms with E-state index < -0.39 is 0 Å². The van der Waals surface area contributed by atoms with Gasteiger partial charge >= 0.3 is 0 Å². The Labute approximate surface area is 161 Å². The predicted octanol–water partition coefficient (Wildman–Crippen LogP) is 0.424. The van der Waals surface area contributed by atoms with Crippen molar-refractivity contribution < 1.29 is 29.2 Å². The molecule has 1 atom stereocenters. The van der Waals surface area contributed by atoms with E-state index in [1.54, 1.807) is 14.2 Å². The van der Waals surface area contributed by atoms with Gasteiger partial charge in [0.05, 0.1) is 28.3 Å². The van der Waals surface area contributed by atoms with Gasteiger partial charge in [-0.25, -0.2) is 0 Å². The van der Waals surface area contributed by atoms with Gasteiger partial charge in [0, 0.05) is 11.1 Å². The molecule has 3 rings (SSSR count). The third-order valence-corrected chi connectivity index (χ3v) is 4.90. The number of hydrogen-bond acceptors (Lipinski definition) is 4. The molecule has 0 aromatic heterocycles. The largest absolute Gasteiger partial charge is 0.493 e. The van der Waals surface area contributed by atoms with Crippen LogP contribution in [-0.2, 0) is 6.54 Å². The van der Waals surface area contributed by atoms with Crippen LogP contribution in [0.4, 0.5) is 0 Å². The first kappa shape index (κ1) is 19.3. The molecular formula is C21H30N2O4+2. The first-order valence-electron chi connectivity index (χ1n) is 9.34. The summed E-state index contributed by atoms with van der Waals surface area (Å²) < 4.78 is 22.1. The highest BCUT2D eigenvalue weighted by molar-refractivity contribution is 5.44. The highest BCUT2D eigenvalue weighted by Gasteiger charge is 2.22. The Morgan fingerprint density at radius 3 is 2.41 bits per heavy atom. The number of ether oxygens (including phenoxy) is 4. The number of hydrogen-bond donors (Lipinski definition) is 2. The Morgan fingerprint density at radius 2 is 1.70 bits per heavy atom. The molecule has 2 aromatic rings. The Balaban J connectivity index is 1.65. The summed E-state index contributed by atoms with van der Waals surface area (Å²) in [4.78, 5) is 1.38. The van der Waals surface area contributed by atoms with Crippen molar-refractivity contribution in [1.29, 1.82) is 0 Å². The van der Waals surface area contributed by atoms with Crippen LogP contribution in [0.3, 0.4) is 0 Å². The van der Waals surface area contributed by atoms with Crippen LogP contribution < -0.4 is 29.2 Å². The van der Waals surface area contributed by atoms with Crippen LogP contribution in [0, 0.1) is 0 Å². The van der Waals surface area contributed by atoms with Gasteiger partial charge in [0.25, 0.3) is 0 Å². The van der Waals surface area contributed by atoms with Gasteiger partial charge in [-0.3, -0.25) is 0 Å².